The summed E-state index contributed by atoms with van der Waals surface area (Å²) in [5, 5.41) is 2.92. The maximum absolute atomic E-state index is 12.6. The first-order valence-corrected chi connectivity index (χ1v) is 9.81. The molecular weight excluding hydrogens is 372 g/mol. The van der Waals surface area contributed by atoms with Crippen LogP contribution < -0.4 is 11.1 Å². The van der Waals surface area contributed by atoms with Crippen molar-refractivity contribution >= 4 is 17.4 Å². The van der Waals surface area contributed by atoms with Crippen LogP contribution in [0, 0.1) is 0 Å². The number of amides is 1. The second-order valence-electron chi connectivity index (χ2n) is 6.98. The van der Waals surface area contributed by atoms with Crippen LogP contribution in [0.4, 0.5) is 11.5 Å². The van der Waals surface area contributed by atoms with E-state index in [0.717, 1.165) is 23.4 Å². The third-order valence-corrected chi connectivity index (χ3v) is 4.81. The van der Waals surface area contributed by atoms with E-state index >= 15 is 0 Å². The fourth-order valence-electron chi connectivity index (χ4n) is 3.18. The minimum Gasteiger partial charge on any atom is -0.399 e. The Balaban J connectivity index is 1.63. The quantitative estimate of drug-likeness (QED) is 0.462. The Kier molecular flexibility index (Phi) is 5.80. The van der Waals surface area contributed by atoms with Crippen LogP contribution in [0.25, 0.3) is 11.3 Å². The molecule has 0 aliphatic heterocycles. The molecule has 0 aliphatic rings. The zero-order valence-electron chi connectivity index (χ0n) is 16.5. The molecule has 4 aromatic rings. The Bertz CT molecular complexity index is 1130. The Morgan fingerprint density at radius 2 is 1.50 bits per heavy atom. The van der Waals surface area contributed by atoms with Crippen LogP contribution in [0.1, 0.15) is 21.6 Å². The minimum atomic E-state index is -0.203. The topological polar surface area (TPSA) is 80.9 Å². The van der Waals surface area contributed by atoms with Gasteiger partial charge in [-0.2, -0.15) is 0 Å². The van der Waals surface area contributed by atoms with Gasteiger partial charge in [0.2, 0.25) is 0 Å². The van der Waals surface area contributed by atoms with E-state index in [1.807, 2.05) is 60.7 Å². The molecule has 0 unspecified atom stereocenters. The van der Waals surface area contributed by atoms with Gasteiger partial charge >= 0.3 is 0 Å². The van der Waals surface area contributed by atoms with Crippen molar-refractivity contribution < 1.29 is 4.79 Å². The third-order valence-electron chi connectivity index (χ3n) is 4.81. The summed E-state index contributed by atoms with van der Waals surface area (Å²) in [5.74, 6) is 0.282. The van der Waals surface area contributed by atoms with Gasteiger partial charge in [0.25, 0.3) is 5.91 Å². The zero-order chi connectivity index (χ0) is 20.8. The Hall–Kier alpha value is -3.99. The molecule has 0 saturated heterocycles. The summed E-state index contributed by atoms with van der Waals surface area (Å²) in [6, 6.07) is 26.8. The van der Waals surface area contributed by atoms with Crippen molar-refractivity contribution in [2.75, 3.05) is 11.1 Å². The highest BCUT2D eigenvalue weighted by Gasteiger charge is 2.13. The standard InChI is InChI=1S/C25H22N4O/c26-21-14-12-19(13-15-21)23-17-27-24(29-25(30)20-9-5-2-6-10-20)22(28-23)16-11-18-7-3-1-4-8-18/h1-10,12-15,17H,11,16,26H2,(H,27,29,30). The fourth-order valence-corrected chi connectivity index (χ4v) is 3.18. The first kappa shape index (κ1) is 19.3. The number of hydrogen-bond acceptors (Lipinski definition) is 4. The van der Waals surface area contributed by atoms with Gasteiger partial charge in [-0.25, -0.2) is 9.97 Å². The second kappa shape index (κ2) is 9.01. The average Bonchev–Trinajstić information content (AvgIpc) is 2.80. The lowest BCUT2D eigenvalue weighted by Gasteiger charge is -2.12. The predicted molar refractivity (Wildman–Crippen MR) is 120 cm³/mol. The summed E-state index contributed by atoms with van der Waals surface area (Å²) < 4.78 is 0. The molecule has 1 amide bonds. The Morgan fingerprint density at radius 3 is 2.20 bits per heavy atom. The Labute approximate surface area is 175 Å². The number of anilines is 2. The van der Waals surface area contributed by atoms with Gasteiger partial charge < -0.3 is 11.1 Å². The van der Waals surface area contributed by atoms with Crippen molar-refractivity contribution in [3.05, 3.63) is 108 Å². The first-order chi connectivity index (χ1) is 14.7. The number of rotatable bonds is 6. The predicted octanol–water partition coefficient (Wildman–Crippen LogP) is 4.76. The third kappa shape index (κ3) is 4.70. The summed E-state index contributed by atoms with van der Waals surface area (Å²) in [5.41, 5.74) is 10.7. The summed E-state index contributed by atoms with van der Waals surface area (Å²) in [7, 11) is 0. The molecule has 1 heterocycles. The van der Waals surface area contributed by atoms with Gasteiger partial charge in [-0.1, -0.05) is 60.7 Å². The molecule has 30 heavy (non-hydrogen) atoms. The molecule has 0 spiro atoms. The number of aromatic nitrogens is 2. The van der Waals surface area contributed by atoms with Gasteiger partial charge in [0.1, 0.15) is 0 Å². The van der Waals surface area contributed by atoms with E-state index < -0.39 is 0 Å². The van der Waals surface area contributed by atoms with Gasteiger partial charge in [0.15, 0.2) is 5.82 Å². The van der Waals surface area contributed by atoms with E-state index in [-0.39, 0.29) is 5.91 Å². The van der Waals surface area contributed by atoms with Gasteiger partial charge in [-0.3, -0.25) is 4.79 Å². The van der Waals surface area contributed by atoms with Crippen LogP contribution in [0.2, 0.25) is 0 Å². The van der Waals surface area contributed by atoms with Crippen molar-refractivity contribution in [3.63, 3.8) is 0 Å². The van der Waals surface area contributed by atoms with Gasteiger partial charge in [-0.15, -0.1) is 0 Å². The molecule has 0 atom stereocenters. The lowest BCUT2D eigenvalue weighted by molar-refractivity contribution is 0.102. The molecule has 5 heteroatoms. The number of benzene rings is 3. The second-order valence-corrected chi connectivity index (χ2v) is 6.98. The number of carbonyl (C=O) groups excluding carboxylic acids is 1. The van der Waals surface area contributed by atoms with E-state index in [2.05, 4.69) is 22.4 Å². The van der Waals surface area contributed by atoms with Gasteiger partial charge in [0.05, 0.1) is 17.6 Å². The normalized spacial score (nSPS) is 10.5. The smallest absolute Gasteiger partial charge is 0.256 e. The van der Waals surface area contributed by atoms with Gasteiger partial charge in [0, 0.05) is 16.8 Å². The molecule has 0 aliphatic carbocycles. The van der Waals surface area contributed by atoms with Crippen LogP contribution in [-0.2, 0) is 12.8 Å². The molecule has 5 nitrogen and oxygen atoms in total. The van der Waals surface area contributed by atoms with Crippen LogP contribution in [0.3, 0.4) is 0 Å². The highest BCUT2D eigenvalue weighted by atomic mass is 16.1. The van der Waals surface area contributed by atoms with Crippen LogP contribution >= 0.6 is 0 Å². The summed E-state index contributed by atoms with van der Waals surface area (Å²) in [6.45, 7) is 0. The minimum absolute atomic E-state index is 0.203. The average molecular weight is 394 g/mol. The monoisotopic (exact) mass is 394 g/mol. The molecule has 3 aromatic carbocycles. The van der Waals surface area contributed by atoms with Crippen molar-refractivity contribution in [2.24, 2.45) is 0 Å². The summed E-state index contributed by atoms with van der Waals surface area (Å²) >= 11 is 0. The number of nitrogens with one attached hydrogen (secondary N) is 1. The molecule has 0 saturated carbocycles. The molecule has 148 valence electrons. The zero-order valence-corrected chi connectivity index (χ0v) is 16.5. The summed E-state index contributed by atoms with van der Waals surface area (Å²) in [4.78, 5) is 22.0. The molecule has 3 N–H and O–H groups in total. The lowest BCUT2D eigenvalue weighted by Crippen LogP contribution is -2.16. The first-order valence-electron chi connectivity index (χ1n) is 9.81. The van der Waals surface area contributed by atoms with E-state index in [1.54, 1.807) is 18.3 Å². The van der Waals surface area contributed by atoms with Crippen LogP contribution in [0.15, 0.2) is 91.1 Å². The molecule has 0 radical (unpaired) electrons. The Morgan fingerprint density at radius 1 is 0.833 bits per heavy atom. The lowest BCUT2D eigenvalue weighted by atomic mass is 10.1. The highest BCUT2D eigenvalue weighted by molar-refractivity contribution is 6.04. The van der Waals surface area contributed by atoms with Crippen molar-refractivity contribution in [1.82, 2.24) is 9.97 Å². The molecule has 0 fully saturated rings. The number of carbonyl (C=O) groups is 1. The van der Waals surface area contributed by atoms with E-state index in [4.69, 9.17) is 10.7 Å². The number of aryl methyl sites for hydroxylation is 2. The molecule has 0 bridgehead atoms. The number of nitrogen functional groups attached to an aromatic ring is 1. The number of nitrogens with two attached hydrogens (primary N) is 1. The fraction of sp³-hybridized carbons (Fsp3) is 0.0800. The van der Waals surface area contributed by atoms with E-state index in [0.29, 0.717) is 23.5 Å². The van der Waals surface area contributed by atoms with Crippen molar-refractivity contribution in [2.45, 2.75) is 12.8 Å². The van der Waals surface area contributed by atoms with Crippen LogP contribution in [0.5, 0.6) is 0 Å². The maximum Gasteiger partial charge on any atom is 0.256 e. The number of nitrogens with zero attached hydrogens (tertiary/aromatic N) is 2. The van der Waals surface area contributed by atoms with Crippen molar-refractivity contribution in [1.29, 1.82) is 0 Å². The van der Waals surface area contributed by atoms with E-state index in [1.165, 1.54) is 5.56 Å². The highest BCUT2D eigenvalue weighted by Crippen LogP contribution is 2.22. The van der Waals surface area contributed by atoms with Crippen molar-refractivity contribution in [3.8, 4) is 11.3 Å². The maximum atomic E-state index is 12.6. The molecular formula is C25H22N4O. The largest absolute Gasteiger partial charge is 0.399 e. The molecule has 4 rings (SSSR count). The van der Waals surface area contributed by atoms with E-state index in [9.17, 15) is 4.79 Å². The van der Waals surface area contributed by atoms with Crippen LogP contribution in [-0.4, -0.2) is 15.9 Å². The molecule has 1 aromatic heterocycles. The summed E-state index contributed by atoms with van der Waals surface area (Å²) in [6.07, 6.45) is 3.14. The van der Waals surface area contributed by atoms with Gasteiger partial charge in [-0.05, 0) is 42.7 Å². The SMILES string of the molecule is Nc1ccc(-c2cnc(NC(=O)c3ccccc3)c(CCc3ccccc3)n2)cc1. The number of hydrogen-bond donors (Lipinski definition) is 2.